The average molecular weight is 271 g/mol. The number of hydrogen-bond acceptors (Lipinski definition) is 4. The molecule has 0 N–H and O–H groups in total. The first-order chi connectivity index (χ1) is 9.60. The molecule has 0 radical (unpaired) electrons. The van der Waals surface area contributed by atoms with Gasteiger partial charge in [-0.1, -0.05) is 0 Å². The number of ether oxygens (including phenoxy) is 2. The number of rotatable bonds is 2. The number of carbonyl (C=O) groups excluding carboxylic acids is 2. The van der Waals surface area contributed by atoms with Gasteiger partial charge in [-0.15, -0.1) is 12.3 Å². The molecule has 102 valence electrons. The van der Waals surface area contributed by atoms with E-state index < -0.39 is 0 Å². The third-order valence-corrected chi connectivity index (χ3v) is 3.52. The largest absolute Gasteiger partial charge is 0.454 e. The molecule has 1 fully saturated rings. The summed E-state index contributed by atoms with van der Waals surface area (Å²) in [6.07, 6.45) is 5.69. The van der Waals surface area contributed by atoms with Gasteiger partial charge in [0.15, 0.2) is 17.3 Å². The number of amides is 1. The van der Waals surface area contributed by atoms with E-state index in [2.05, 4.69) is 5.92 Å². The number of ketones is 1. The molecule has 1 aromatic carbocycles. The van der Waals surface area contributed by atoms with Crippen LogP contribution in [-0.2, 0) is 4.79 Å². The summed E-state index contributed by atoms with van der Waals surface area (Å²) in [4.78, 5) is 25.4. The number of carbonyl (C=O) groups is 2. The molecule has 2 aliphatic heterocycles. The summed E-state index contributed by atoms with van der Waals surface area (Å²) in [5.41, 5.74) is 0.991. The molecule has 5 heteroatoms. The van der Waals surface area contributed by atoms with E-state index in [0.29, 0.717) is 35.7 Å². The van der Waals surface area contributed by atoms with Gasteiger partial charge in [-0.3, -0.25) is 9.59 Å². The molecular formula is C15H13NO4. The SMILES string of the molecule is C#CC1CC(=O)N(c2cc3c(cc2C(C)=O)OCO3)C1. The van der Waals surface area contributed by atoms with Crippen LogP contribution in [0.15, 0.2) is 12.1 Å². The lowest BCUT2D eigenvalue weighted by Gasteiger charge is -2.19. The van der Waals surface area contributed by atoms with E-state index in [1.807, 2.05) is 0 Å². The van der Waals surface area contributed by atoms with E-state index in [9.17, 15) is 9.59 Å². The van der Waals surface area contributed by atoms with Gasteiger partial charge in [-0.25, -0.2) is 0 Å². The van der Waals surface area contributed by atoms with E-state index in [1.54, 1.807) is 17.0 Å². The molecule has 0 spiro atoms. The molecule has 1 amide bonds. The summed E-state index contributed by atoms with van der Waals surface area (Å²) in [5, 5.41) is 0. The fourth-order valence-corrected chi connectivity index (χ4v) is 2.49. The number of nitrogens with zero attached hydrogens (tertiary/aromatic N) is 1. The second-order valence-corrected chi connectivity index (χ2v) is 4.85. The van der Waals surface area contributed by atoms with Crippen LogP contribution in [0.3, 0.4) is 0 Å². The normalized spacial score (nSPS) is 20.1. The zero-order valence-electron chi connectivity index (χ0n) is 11.0. The van der Waals surface area contributed by atoms with Gasteiger partial charge in [0, 0.05) is 30.5 Å². The van der Waals surface area contributed by atoms with Gasteiger partial charge in [0.05, 0.1) is 5.69 Å². The van der Waals surface area contributed by atoms with Crippen LogP contribution < -0.4 is 14.4 Å². The number of terminal acetylenes is 1. The maximum Gasteiger partial charge on any atom is 0.231 e. The average Bonchev–Trinajstić information content (AvgIpc) is 3.02. The minimum Gasteiger partial charge on any atom is -0.454 e. The van der Waals surface area contributed by atoms with Gasteiger partial charge in [0.25, 0.3) is 0 Å². The lowest BCUT2D eigenvalue weighted by molar-refractivity contribution is -0.117. The Labute approximate surface area is 116 Å². The van der Waals surface area contributed by atoms with Crippen molar-refractivity contribution in [1.82, 2.24) is 0 Å². The van der Waals surface area contributed by atoms with Gasteiger partial charge in [0.2, 0.25) is 12.7 Å². The van der Waals surface area contributed by atoms with Gasteiger partial charge in [-0.05, 0) is 13.0 Å². The highest BCUT2D eigenvalue weighted by molar-refractivity contribution is 6.06. The standard InChI is InChI=1S/C15H13NO4/c1-3-10-4-15(18)16(7-10)12-6-14-13(19-8-20-14)5-11(12)9(2)17/h1,5-6,10H,4,7-8H2,2H3. The lowest BCUT2D eigenvalue weighted by Crippen LogP contribution is -2.26. The second kappa shape index (κ2) is 4.57. The molecule has 0 bridgehead atoms. The minimum absolute atomic E-state index is 0.0747. The van der Waals surface area contributed by atoms with Crippen LogP contribution in [0.4, 0.5) is 5.69 Å². The zero-order valence-corrected chi connectivity index (χ0v) is 11.0. The Morgan fingerprint density at radius 3 is 2.70 bits per heavy atom. The number of benzene rings is 1. The van der Waals surface area contributed by atoms with Gasteiger partial charge < -0.3 is 14.4 Å². The van der Waals surface area contributed by atoms with Crippen molar-refractivity contribution in [2.24, 2.45) is 5.92 Å². The first-order valence-corrected chi connectivity index (χ1v) is 6.31. The molecule has 1 aromatic rings. The molecule has 1 atom stereocenters. The van der Waals surface area contributed by atoms with Crippen LogP contribution in [0.25, 0.3) is 0 Å². The molecular weight excluding hydrogens is 258 g/mol. The highest BCUT2D eigenvalue weighted by Crippen LogP contribution is 2.40. The third-order valence-electron chi connectivity index (χ3n) is 3.52. The zero-order chi connectivity index (χ0) is 14.3. The van der Waals surface area contributed by atoms with Crippen molar-refractivity contribution < 1.29 is 19.1 Å². The molecule has 0 saturated carbocycles. The van der Waals surface area contributed by atoms with E-state index in [4.69, 9.17) is 15.9 Å². The number of anilines is 1. The molecule has 2 aliphatic rings. The Balaban J connectivity index is 2.07. The Bertz CT molecular complexity index is 644. The predicted molar refractivity (Wildman–Crippen MR) is 71.9 cm³/mol. The fourth-order valence-electron chi connectivity index (χ4n) is 2.49. The quantitative estimate of drug-likeness (QED) is 0.605. The molecule has 0 aromatic heterocycles. The van der Waals surface area contributed by atoms with Crippen molar-refractivity contribution in [1.29, 1.82) is 0 Å². The van der Waals surface area contributed by atoms with Crippen LogP contribution in [0, 0.1) is 18.3 Å². The Morgan fingerprint density at radius 2 is 2.10 bits per heavy atom. The van der Waals surface area contributed by atoms with E-state index in [0.717, 1.165) is 0 Å². The van der Waals surface area contributed by atoms with E-state index in [1.165, 1.54) is 6.92 Å². The summed E-state index contributed by atoms with van der Waals surface area (Å²) in [6.45, 7) is 2.01. The van der Waals surface area contributed by atoms with Crippen molar-refractivity contribution in [3.8, 4) is 23.8 Å². The topological polar surface area (TPSA) is 55.8 Å². The monoisotopic (exact) mass is 271 g/mol. The Morgan fingerprint density at radius 1 is 1.40 bits per heavy atom. The molecule has 3 rings (SSSR count). The second-order valence-electron chi connectivity index (χ2n) is 4.85. The number of fused-ring (bicyclic) bond motifs is 1. The first kappa shape index (κ1) is 12.5. The van der Waals surface area contributed by atoms with Gasteiger partial charge in [0.1, 0.15) is 0 Å². The summed E-state index contributed by atoms with van der Waals surface area (Å²) in [6, 6.07) is 3.30. The van der Waals surface area contributed by atoms with Crippen LogP contribution in [0.2, 0.25) is 0 Å². The van der Waals surface area contributed by atoms with Gasteiger partial charge >= 0.3 is 0 Å². The summed E-state index contributed by atoms with van der Waals surface area (Å²) < 4.78 is 10.6. The fraction of sp³-hybridized carbons (Fsp3) is 0.333. The molecule has 2 heterocycles. The summed E-state index contributed by atoms with van der Waals surface area (Å²) in [7, 11) is 0. The first-order valence-electron chi connectivity index (χ1n) is 6.31. The van der Waals surface area contributed by atoms with E-state index >= 15 is 0 Å². The van der Waals surface area contributed by atoms with E-state index in [-0.39, 0.29) is 24.4 Å². The van der Waals surface area contributed by atoms with Crippen LogP contribution in [0.1, 0.15) is 23.7 Å². The summed E-state index contributed by atoms with van der Waals surface area (Å²) in [5.74, 6) is 3.34. The number of Topliss-reactive ketones (excluding diaryl/α,β-unsaturated/α-hetero) is 1. The van der Waals surface area contributed by atoms with Crippen LogP contribution >= 0.6 is 0 Å². The third kappa shape index (κ3) is 1.90. The van der Waals surface area contributed by atoms with Crippen molar-refractivity contribution >= 4 is 17.4 Å². The molecule has 0 aliphatic carbocycles. The van der Waals surface area contributed by atoms with Crippen molar-refractivity contribution in [2.45, 2.75) is 13.3 Å². The highest BCUT2D eigenvalue weighted by atomic mass is 16.7. The maximum atomic E-state index is 12.1. The highest BCUT2D eigenvalue weighted by Gasteiger charge is 2.32. The van der Waals surface area contributed by atoms with Crippen molar-refractivity contribution in [3.05, 3.63) is 17.7 Å². The molecule has 1 unspecified atom stereocenters. The Kier molecular flexibility index (Phi) is 2.87. The molecule has 1 saturated heterocycles. The lowest BCUT2D eigenvalue weighted by atomic mass is 10.1. The smallest absolute Gasteiger partial charge is 0.231 e. The van der Waals surface area contributed by atoms with Crippen LogP contribution in [-0.4, -0.2) is 25.0 Å². The Hall–Kier alpha value is -2.48. The van der Waals surface area contributed by atoms with Crippen LogP contribution in [0.5, 0.6) is 11.5 Å². The predicted octanol–water partition coefficient (Wildman–Crippen LogP) is 1.60. The van der Waals surface area contributed by atoms with Crippen molar-refractivity contribution in [2.75, 3.05) is 18.2 Å². The minimum atomic E-state index is -0.129. The maximum absolute atomic E-state index is 12.1. The van der Waals surface area contributed by atoms with Gasteiger partial charge in [-0.2, -0.15) is 0 Å². The molecule has 5 nitrogen and oxygen atoms in total. The molecule has 20 heavy (non-hydrogen) atoms. The van der Waals surface area contributed by atoms with Crippen molar-refractivity contribution in [3.63, 3.8) is 0 Å². The number of hydrogen-bond donors (Lipinski definition) is 0. The summed E-state index contributed by atoms with van der Waals surface area (Å²) >= 11 is 0.